The quantitative estimate of drug-likeness (QED) is 0.585. The van der Waals surface area contributed by atoms with E-state index in [2.05, 4.69) is 50.2 Å². The van der Waals surface area contributed by atoms with Crippen LogP contribution >= 0.6 is 0 Å². The summed E-state index contributed by atoms with van der Waals surface area (Å²) in [4.78, 5) is 0. The van der Waals surface area contributed by atoms with Gasteiger partial charge in [-0.1, -0.05) is 63.1 Å². The van der Waals surface area contributed by atoms with Crippen molar-refractivity contribution in [3.05, 3.63) is 47.5 Å². The molecule has 0 unspecified atom stereocenters. The van der Waals surface area contributed by atoms with Gasteiger partial charge < -0.3 is 9.11 Å². The number of rotatable bonds is 6. The number of unbranched alkanes of at least 4 members (excludes halogenated alkanes) is 2. The number of fused-ring (bicyclic) bond motifs is 1. The minimum Gasteiger partial charge on any atom is -0.759 e. The largest absolute Gasteiger partial charge is 0.759 e. The molecule has 5 heteroatoms. The molecule has 0 N–H and O–H groups in total. The maximum absolute atomic E-state index is 8.52. The lowest BCUT2D eigenvalue weighted by molar-refractivity contribution is 0.352. The molecule has 23 heavy (non-hydrogen) atoms. The molecule has 2 rings (SSSR count). The van der Waals surface area contributed by atoms with E-state index in [4.69, 9.17) is 17.5 Å². The van der Waals surface area contributed by atoms with Gasteiger partial charge in [-0.15, -0.1) is 0 Å². The molecule has 0 heterocycles. The Bertz CT molecular complexity index is 700. The van der Waals surface area contributed by atoms with Crippen molar-refractivity contribution < 1.29 is 17.5 Å². The molecule has 0 saturated heterocycles. The predicted octanol–water partition coefficient (Wildman–Crippen LogP) is 4.19. The molecule has 128 valence electrons. The summed E-state index contributed by atoms with van der Waals surface area (Å²) in [6, 6.07) is 13.5. The minimum atomic E-state index is -5.17. The van der Waals surface area contributed by atoms with Crippen LogP contribution in [-0.4, -0.2) is 17.5 Å². The summed E-state index contributed by atoms with van der Waals surface area (Å²) in [5, 5.41) is 2.86. The fourth-order valence-corrected chi connectivity index (χ4v) is 2.63. The molecular weight excluding hydrogens is 312 g/mol. The third-order valence-electron chi connectivity index (χ3n) is 3.72. The van der Waals surface area contributed by atoms with Crippen LogP contribution in [0.3, 0.4) is 0 Å². The van der Waals surface area contributed by atoms with Crippen LogP contribution < -0.4 is 0 Å². The summed E-state index contributed by atoms with van der Waals surface area (Å²) in [6.45, 7) is 4.55. The van der Waals surface area contributed by atoms with E-state index in [-0.39, 0.29) is 0 Å². The monoisotopic (exact) mass is 336 g/mol. The van der Waals surface area contributed by atoms with Gasteiger partial charge in [0.05, 0.1) is 0 Å². The van der Waals surface area contributed by atoms with Crippen molar-refractivity contribution in [3.8, 4) is 0 Å². The highest BCUT2D eigenvalue weighted by molar-refractivity contribution is 7.79. The molecule has 0 bridgehead atoms. The normalized spacial score (nSPS) is 11.1. The van der Waals surface area contributed by atoms with Crippen LogP contribution in [0.4, 0.5) is 0 Å². The lowest BCUT2D eigenvalue weighted by atomic mass is 9.92. The van der Waals surface area contributed by atoms with Gasteiger partial charge in [-0.05, 0) is 47.6 Å². The number of hydrogen-bond donors (Lipinski definition) is 0. The molecule has 0 aromatic heterocycles. The molecule has 2 aromatic carbocycles. The van der Waals surface area contributed by atoms with Crippen LogP contribution in [0.1, 0.15) is 50.7 Å². The van der Waals surface area contributed by atoms with Gasteiger partial charge >= 0.3 is 0 Å². The summed E-state index contributed by atoms with van der Waals surface area (Å²) in [5.41, 5.74) is 3.17. The van der Waals surface area contributed by atoms with Gasteiger partial charge in [0.1, 0.15) is 0 Å². The second-order valence-corrected chi connectivity index (χ2v) is 6.36. The van der Waals surface area contributed by atoms with E-state index in [9.17, 15) is 0 Å². The van der Waals surface area contributed by atoms with Crippen molar-refractivity contribution in [2.45, 2.75) is 52.4 Å². The Morgan fingerprint density at radius 2 is 1.43 bits per heavy atom. The lowest BCUT2D eigenvalue weighted by Crippen LogP contribution is -1.96. The summed E-state index contributed by atoms with van der Waals surface area (Å²) < 4.78 is 34.1. The van der Waals surface area contributed by atoms with E-state index in [0.29, 0.717) is 0 Å². The first-order valence-electron chi connectivity index (χ1n) is 8.03. The highest BCUT2D eigenvalue weighted by Gasteiger charge is 2.06. The molecule has 0 aliphatic heterocycles. The van der Waals surface area contributed by atoms with Gasteiger partial charge in [0.25, 0.3) is 0 Å². The van der Waals surface area contributed by atoms with Gasteiger partial charge in [0.2, 0.25) is 0 Å². The maximum Gasteiger partial charge on any atom is 0.0311 e. The van der Waals surface area contributed by atoms with E-state index in [0.717, 1.165) is 0 Å². The topological polar surface area (TPSA) is 80.3 Å². The van der Waals surface area contributed by atoms with Crippen LogP contribution in [0, 0.1) is 0 Å². The van der Waals surface area contributed by atoms with Crippen LogP contribution in [-0.2, 0) is 23.2 Å². The molecule has 0 aliphatic rings. The van der Waals surface area contributed by atoms with Crippen LogP contribution in [0.15, 0.2) is 36.4 Å². The van der Waals surface area contributed by atoms with Crippen molar-refractivity contribution in [1.29, 1.82) is 0 Å². The smallest absolute Gasteiger partial charge is 0.0311 e. The van der Waals surface area contributed by atoms with E-state index >= 15 is 0 Å². The zero-order valence-electron chi connectivity index (χ0n) is 13.7. The summed E-state index contributed by atoms with van der Waals surface area (Å²) in [7, 11) is -5.17. The Hall–Kier alpha value is -1.43. The molecule has 0 saturated carbocycles. The van der Waals surface area contributed by atoms with Crippen molar-refractivity contribution >= 4 is 21.2 Å². The zero-order valence-corrected chi connectivity index (χ0v) is 14.6. The third kappa shape index (κ3) is 7.59. The van der Waals surface area contributed by atoms with Gasteiger partial charge in [-0.25, -0.2) is 0 Å². The summed E-state index contributed by atoms with van der Waals surface area (Å²) in [5.74, 6) is 0. The number of hydrogen-bond acceptors (Lipinski definition) is 4. The average molecular weight is 336 g/mol. The van der Waals surface area contributed by atoms with E-state index in [1.54, 1.807) is 11.1 Å². The molecule has 0 amide bonds. The van der Waals surface area contributed by atoms with Crippen LogP contribution in [0.25, 0.3) is 10.8 Å². The second-order valence-electron chi connectivity index (χ2n) is 5.54. The number of benzene rings is 2. The van der Waals surface area contributed by atoms with Crippen molar-refractivity contribution in [2.75, 3.05) is 0 Å². The first-order valence-corrected chi connectivity index (χ1v) is 9.36. The Kier molecular flexibility index (Phi) is 8.23. The molecule has 0 atom stereocenters. The van der Waals surface area contributed by atoms with Gasteiger partial charge in [0, 0.05) is 10.4 Å². The molecule has 4 nitrogen and oxygen atoms in total. The molecular formula is C18H24O4S-2. The van der Waals surface area contributed by atoms with Crippen molar-refractivity contribution in [3.63, 3.8) is 0 Å². The lowest BCUT2D eigenvalue weighted by Gasteiger charge is -2.13. The maximum atomic E-state index is 8.52. The fraction of sp³-hybridized carbons (Fsp3) is 0.444. The second kappa shape index (κ2) is 9.65. The fourth-order valence-electron chi connectivity index (χ4n) is 2.63. The van der Waals surface area contributed by atoms with Gasteiger partial charge in [0.15, 0.2) is 0 Å². The predicted molar refractivity (Wildman–Crippen MR) is 91.6 cm³/mol. The van der Waals surface area contributed by atoms with Gasteiger partial charge in [-0.3, -0.25) is 8.42 Å². The van der Waals surface area contributed by atoms with E-state index in [1.165, 1.54) is 49.3 Å². The van der Waals surface area contributed by atoms with Gasteiger partial charge in [-0.2, -0.15) is 0 Å². The first-order chi connectivity index (χ1) is 10.9. The Morgan fingerprint density at radius 3 is 2.04 bits per heavy atom. The number of aryl methyl sites for hydroxylation is 2. The Labute approximate surface area is 139 Å². The molecule has 0 fully saturated rings. The minimum absolute atomic E-state index is 1.23. The molecule has 0 spiro atoms. The highest BCUT2D eigenvalue weighted by Crippen LogP contribution is 2.25. The zero-order chi connectivity index (χ0) is 17.3. The highest BCUT2D eigenvalue weighted by atomic mass is 32.3. The van der Waals surface area contributed by atoms with Crippen molar-refractivity contribution in [2.24, 2.45) is 0 Å². The standard InChI is InChI=1S/C18H24.H2O4S/c1-3-5-9-15-13-14-16-10-7-8-12-18(16)17(15)11-6-4-2;1-5(2,3)4/h7-8,10,12-14H,3-6,9,11H2,1-2H3;(H2,1,2,3,4)/p-2. The SMILES string of the molecule is CCCCc1ccc2ccccc2c1CCCC.O=S(=O)([O-])[O-]. The van der Waals surface area contributed by atoms with Crippen LogP contribution in [0.5, 0.6) is 0 Å². The first kappa shape index (κ1) is 19.6. The van der Waals surface area contributed by atoms with E-state index < -0.39 is 10.4 Å². The summed E-state index contributed by atoms with van der Waals surface area (Å²) in [6.07, 6.45) is 7.62. The molecule has 0 aliphatic carbocycles. The van der Waals surface area contributed by atoms with Crippen molar-refractivity contribution in [1.82, 2.24) is 0 Å². The van der Waals surface area contributed by atoms with E-state index in [1.807, 2.05) is 0 Å². The summed E-state index contributed by atoms with van der Waals surface area (Å²) >= 11 is 0. The molecule has 2 aromatic rings. The van der Waals surface area contributed by atoms with Crippen LogP contribution in [0.2, 0.25) is 0 Å². The average Bonchev–Trinajstić information content (AvgIpc) is 2.49. The third-order valence-corrected chi connectivity index (χ3v) is 3.72. The Balaban J connectivity index is 0.000000463. The molecule has 0 radical (unpaired) electrons. The Morgan fingerprint density at radius 1 is 0.870 bits per heavy atom.